The maximum Gasteiger partial charge on any atom is 0.303 e. The molecular weight excluding hydrogens is 244 g/mol. The molecule has 0 aliphatic rings. The molecule has 1 aromatic rings. The molecule has 0 fully saturated rings. The lowest BCUT2D eigenvalue weighted by Gasteiger charge is -2.17. The van der Waals surface area contributed by atoms with Crippen molar-refractivity contribution >= 4 is 17.6 Å². The number of nitrogens with one attached hydrogen (secondary N) is 1. The number of carbonyl (C=O) groups is 2. The highest BCUT2D eigenvalue weighted by atomic mass is 16.4. The summed E-state index contributed by atoms with van der Waals surface area (Å²) in [6.07, 6.45) is 0.138. The van der Waals surface area contributed by atoms with Gasteiger partial charge in [0.15, 0.2) is 0 Å². The fourth-order valence-corrected chi connectivity index (χ4v) is 1.89. The van der Waals surface area contributed by atoms with Crippen molar-refractivity contribution in [3.8, 4) is 0 Å². The summed E-state index contributed by atoms with van der Waals surface area (Å²) in [7, 11) is 5.43. The summed E-state index contributed by atoms with van der Waals surface area (Å²) < 4.78 is 0. The van der Waals surface area contributed by atoms with E-state index in [0.717, 1.165) is 11.3 Å². The summed E-state index contributed by atoms with van der Waals surface area (Å²) in [4.78, 5) is 24.3. The Morgan fingerprint density at radius 3 is 2.21 bits per heavy atom. The van der Waals surface area contributed by atoms with Crippen molar-refractivity contribution in [1.29, 1.82) is 0 Å². The number of hydrogen-bond acceptors (Lipinski definition) is 3. The first-order valence-corrected chi connectivity index (χ1v) is 6.13. The van der Waals surface area contributed by atoms with Crippen LogP contribution in [0.2, 0.25) is 0 Å². The Hall–Kier alpha value is -2.04. The number of carboxylic acids is 1. The number of anilines is 1. The van der Waals surface area contributed by atoms with Gasteiger partial charge in [-0.15, -0.1) is 0 Å². The van der Waals surface area contributed by atoms with Gasteiger partial charge in [0.1, 0.15) is 0 Å². The van der Waals surface area contributed by atoms with Crippen LogP contribution in [0.4, 0.5) is 5.69 Å². The van der Waals surface area contributed by atoms with E-state index in [9.17, 15) is 9.59 Å². The van der Waals surface area contributed by atoms with E-state index in [1.807, 2.05) is 43.3 Å². The number of rotatable bonds is 6. The molecule has 1 aromatic carbocycles. The number of aliphatic carboxylic acids is 1. The van der Waals surface area contributed by atoms with Crippen molar-refractivity contribution < 1.29 is 14.7 Å². The van der Waals surface area contributed by atoms with E-state index in [4.69, 9.17) is 5.11 Å². The smallest absolute Gasteiger partial charge is 0.303 e. The number of carbonyl (C=O) groups excluding carboxylic acids is 1. The first-order chi connectivity index (χ1) is 8.93. The molecule has 0 bridgehead atoms. The molecule has 1 rings (SSSR count). The van der Waals surface area contributed by atoms with Crippen LogP contribution in [0.25, 0.3) is 0 Å². The van der Waals surface area contributed by atoms with Gasteiger partial charge in [0.05, 0.1) is 6.42 Å². The average Bonchev–Trinajstić information content (AvgIpc) is 2.37. The van der Waals surface area contributed by atoms with E-state index >= 15 is 0 Å². The molecule has 2 N–H and O–H groups in total. The van der Waals surface area contributed by atoms with Crippen LogP contribution in [-0.4, -0.2) is 38.1 Å². The van der Waals surface area contributed by atoms with Gasteiger partial charge in [-0.3, -0.25) is 9.59 Å². The van der Waals surface area contributed by atoms with Gasteiger partial charge in [0, 0.05) is 39.2 Å². The number of benzene rings is 1. The molecule has 0 aliphatic heterocycles. The first-order valence-electron chi connectivity index (χ1n) is 6.13. The molecule has 0 spiro atoms. The zero-order valence-electron chi connectivity index (χ0n) is 11.5. The Labute approximate surface area is 113 Å². The summed E-state index contributed by atoms with van der Waals surface area (Å²) >= 11 is 0. The Morgan fingerprint density at radius 2 is 1.79 bits per heavy atom. The number of nitrogens with zero attached hydrogens (tertiary/aromatic N) is 1. The molecular formula is C14H20N2O3. The summed E-state index contributed by atoms with van der Waals surface area (Å²) in [5.74, 6) is -1.35. The second-order valence-electron chi connectivity index (χ2n) is 4.66. The molecule has 0 saturated heterocycles. The zero-order chi connectivity index (χ0) is 14.4. The molecule has 104 valence electrons. The number of carboxylic acid groups (broad SMARTS) is 1. The summed E-state index contributed by atoms with van der Waals surface area (Å²) in [6, 6.07) is 7.61. The van der Waals surface area contributed by atoms with Gasteiger partial charge in [-0.05, 0) is 17.7 Å². The monoisotopic (exact) mass is 264 g/mol. The summed E-state index contributed by atoms with van der Waals surface area (Å²) in [5.41, 5.74) is 1.91. The van der Waals surface area contributed by atoms with E-state index in [2.05, 4.69) is 5.32 Å². The van der Waals surface area contributed by atoms with Gasteiger partial charge < -0.3 is 15.3 Å². The van der Waals surface area contributed by atoms with E-state index in [1.54, 1.807) is 7.05 Å². The molecule has 5 heteroatoms. The number of amides is 1. The van der Waals surface area contributed by atoms with E-state index in [0.29, 0.717) is 0 Å². The van der Waals surface area contributed by atoms with Crippen LogP contribution >= 0.6 is 0 Å². The average molecular weight is 264 g/mol. The second-order valence-corrected chi connectivity index (χ2v) is 4.66. The Morgan fingerprint density at radius 1 is 1.21 bits per heavy atom. The van der Waals surface area contributed by atoms with Gasteiger partial charge in [0.2, 0.25) is 5.91 Å². The third-order valence-electron chi connectivity index (χ3n) is 3.01. The Kier molecular flexibility index (Phi) is 5.36. The third-order valence-corrected chi connectivity index (χ3v) is 3.01. The fourth-order valence-electron chi connectivity index (χ4n) is 1.89. The SMILES string of the molecule is CNC(=O)CC(CC(=O)O)c1ccc(N(C)C)cc1. The molecule has 0 saturated carbocycles. The lowest BCUT2D eigenvalue weighted by atomic mass is 9.92. The molecule has 19 heavy (non-hydrogen) atoms. The van der Waals surface area contributed by atoms with Crippen molar-refractivity contribution in [2.45, 2.75) is 18.8 Å². The molecule has 0 aliphatic carbocycles. The van der Waals surface area contributed by atoms with Crippen LogP contribution in [0.15, 0.2) is 24.3 Å². The molecule has 0 radical (unpaired) electrons. The van der Waals surface area contributed by atoms with Crippen molar-refractivity contribution in [2.75, 3.05) is 26.0 Å². The zero-order valence-corrected chi connectivity index (χ0v) is 11.5. The van der Waals surface area contributed by atoms with Crippen LogP contribution in [0.5, 0.6) is 0 Å². The maximum atomic E-state index is 11.4. The molecule has 1 unspecified atom stereocenters. The Balaban J connectivity index is 2.89. The van der Waals surface area contributed by atoms with E-state index in [1.165, 1.54) is 0 Å². The summed E-state index contributed by atoms with van der Waals surface area (Å²) in [6.45, 7) is 0. The molecule has 1 amide bonds. The Bertz CT molecular complexity index is 441. The molecule has 1 atom stereocenters. The predicted molar refractivity (Wildman–Crippen MR) is 74.4 cm³/mol. The summed E-state index contributed by atoms with van der Waals surface area (Å²) in [5, 5.41) is 11.5. The van der Waals surface area contributed by atoms with Crippen LogP contribution in [-0.2, 0) is 9.59 Å². The van der Waals surface area contributed by atoms with Gasteiger partial charge in [-0.25, -0.2) is 0 Å². The first kappa shape index (κ1) is 15.0. The topological polar surface area (TPSA) is 69.6 Å². The van der Waals surface area contributed by atoms with Gasteiger partial charge in [-0.2, -0.15) is 0 Å². The molecule has 0 aromatic heterocycles. The van der Waals surface area contributed by atoms with Crippen molar-refractivity contribution in [1.82, 2.24) is 5.32 Å². The van der Waals surface area contributed by atoms with Gasteiger partial charge >= 0.3 is 5.97 Å². The van der Waals surface area contributed by atoms with Crippen LogP contribution < -0.4 is 10.2 Å². The lowest BCUT2D eigenvalue weighted by Crippen LogP contribution is -2.21. The normalized spacial score (nSPS) is 11.7. The van der Waals surface area contributed by atoms with E-state index < -0.39 is 5.97 Å². The highest BCUT2D eigenvalue weighted by Gasteiger charge is 2.18. The van der Waals surface area contributed by atoms with Gasteiger partial charge in [0.25, 0.3) is 0 Å². The fraction of sp³-hybridized carbons (Fsp3) is 0.429. The predicted octanol–water partition coefficient (Wildman–Crippen LogP) is 1.45. The van der Waals surface area contributed by atoms with E-state index in [-0.39, 0.29) is 24.7 Å². The van der Waals surface area contributed by atoms with Crippen LogP contribution in [0, 0.1) is 0 Å². The molecule has 5 nitrogen and oxygen atoms in total. The quantitative estimate of drug-likeness (QED) is 0.816. The minimum Gasteiger partial charge on any atom is -0.481 e. The van der Waals surface area contributed by atoms with Crippen LogP contribution in [0.3, 0.4) is 0 Å². The molecule has 0 heterocycles. The van der Waals surface area contributed by atoms with Crippen molar-refractivity contribution in [3.63, 3.8) is 0 Å². The maximum absolute atomic E-state index is 11.4. The van der Waals surface area contributed by atoms with Crippen molar-refractivity contribution in [3.05, 3.63) is 29.8 Å². The standard InChI is InChI=1S/C14H20N2O3/c1-15-13(17)8-11(9-14(18)19)10-4-6-12(7-5-10)16(2)3/h4-7,11H,8-9H2,1-3H3,(H,15,17)(H,18,19). The number of hydrogen-bond donors (Lipinski definition) is 2. The highest BCUT2D eigenvalue weighted by Crippen LogP contribution is 2.25. The largest absolute Gasteiger partial charge is 0.481 e. The minimum absolute atomic E-state index is 0.0469. The third kappa shape index (κ3) is 4.62. The minimum atomic E-state index is -0.898. The van der Waals surface area contributed by atoms with Crippen molar-refractivity contribution in [2.24, 2.45) is 0 Å². The highest BCUT2D eigenvalue weighted by molar-refractivity contribution is 5.78. The lowest BCUT2D eigenvalue weighted by molar-refractivity contribution is -0.137. The second kappa shape index (κ2) is 6.78. The van der Waals surface area contributed by atoms with Crippen LogP contribution in [0.1, 0.15) is 24.3 Å². The van der Waals surface area contributed by atoms with Gasteiger partial charge in [-0.1, -0.05) is 12.1 Å².